The summed E-state index contributed by atoms with van der Waals surface area (Å²) in [6.07, 6.45) is 4.99. The molecule has 0 aliphatic carbocycles. The number of nitrogens with zero attached hydrogens (tertiary/aromatic N) is 1. The number of carboxylic acid groups (broad SMARTS) is 1. The number of hydrogen-bond acceptors (Lipinski definition) is 3. The van der Waals surface area contributed by atoms with Crippen LogP contribution in [-0.4, -0.2) is 47.1 Å². The molecule has 0 aromatic heterocycles. The largest absolute Gasteiger partial charge is 0.480 e. The Bertz CT molecular complexity index is 385. The quantitative estimate of drug-likeness (QED) is 0.822. The number of amides is 1. The molecule has 114 valence electrons. The van der Waals surface area contributed by atoms with E-state index < -0.39 is 16.9 Å². The topological polar surface area (TPSA) is 69.6 Å². The second-order valence-corrected chi connectivity index (χ2v) is 6.45. The van der Waals surface area contributed by atoms with Crippen LogP contribution in [0, 0.1) is 5.41 Å². The molecule has 2 fully saturated rings. The SMILES string of the molecule is CCCC1(C(=O)N2CCCC2(C)C(=O)O)CCCNC1. The van der Waals surface area contributed by atoms with Crippen LogP contribution in [0.1, 0.15) is 52.4 Å². The van der Waals surface area contributed by atoms with Crippen LogP contribution in [-0.2, 0) is 9.59 Å². The van der Waals surface area contributed by atoms with E-state index in [1.54, 1.807) is 11.8 Å². The number of nitrogens with one attached hydrogen (secondary N) is 1. The van der Waals surface area contributed by atoms with Gasteiger partial charge < -0.3 is 15.3 Å². The van der Waals surface area contributed by atoms with Crippen LogP contribution in [0.15, 0.2) is 0 Å². The lowest BCUT2D eigenvalue weighted by Crippen LogP contribution is -2.58. The molecular weight excluding hydrogens is 256 g/mol. The van der Waals surface area contributed by atoms with E-state index in [1.807, 2.05) is 0 Å². The first-order valence-electron chi connectivity index (χ1n) is 7.72. The summed E-state index contributed by atoms with van der Waals surface area (Å²) in [6.45, 7) is 5.99. The minimum Gasteiger partial charge on any atom is -0.480 e. The third-order valence-electron chi connectivity index (χ3n) is 5.00. The third-order valence-corrected chi connectivity index (χ3v) is 5.00. The predicted molar refractivity (Wildman–Crippen MR) is 76.4 cm³/mol. The van der Waals surface area contributed by atoms with Gasteiger partial charge in [0.2, 0.25) is 5.91 Å². The minimum atomic E-state index is -1.02. The van der Waals surface area contributed by atoms with Crippen molar-refractivity contribution in [2.45, 2.75) is 57.9 Å². The van der Waals surface area contributed by atoms with Crippen LogP contribution >= 0.6 is 0 Å². The second-order valence-electron chi connectivity index (χ2n) is 6.45. The molecule has 0 aromatic carbocycles. The number of carbonyl (C=O) groups is 2. The first kappa shape index (κ1) is 15.3. The highest BCUT2D eigenvalue weighted by Crippen LogP contribution is 2.39. The van der Waals surface area contributed by atoms with Crippen molar-refractivity contribution in [2.75, 3.05) is 19.6 Å². The Labute approximate surface area is 120 Å². The van der Waals surface area contributed by atoms with E-state index in [-0.39, 0.29) is 5.91 Å². The smallest absolute Gasteiger partial charge is 0.329 e. The Balaban J connectivity index is 2.25. The van der Waals surface area contributed by atoms with Gasteiger partial charge in [-0.2, -0.15) is 0 Å². The molecule has 5 nitrogen and oxygen atoms in total. The van der Waals surface area contributed by atoms with Gasteiger partial charge in [-0.1, -0.05) is 13.3 Å². The van der Waals surface area contributed by atoms with Crippen molar-refractivity contribution in [3.8, 4) is 0 Å². The number of piperidine rings is 1. The lowest BCUT2D eigenvalue weighted by atomic mass is 9.75. The highest BCUT2D eigenvalue weighted by molar-refractivity contribution is 5.90. The summed E-state index contributed by atoms with van der Waals surface area (Å²) >= 11 is 0. The zero-order valence-corrected chi connectivity index (χ0v) is 12.6. The second kappa shape index (κ2) is 5.72. The molecule has 2 N–H and O–H groups in total. The van der Waals surface area contributed by atoms with E-state index in [1.165, 1.54) is 0 Å². The van der Waals surface area contributed by atoms with E-state index in [2.05, 4.69) is 12.2 Å². The molecule has 1 amide bonds. The number of hydrogen-bond donors (Lipinski definition) is 2. The van der Waals surface area contributed by atoms with Crippen molar-refractivity contribution in [1.82, 2.24) is 10.2 Å². The highest BCUT2D eigenvalue weighted by atomic mass is 16.4. The maximum Gasteiger partial charge on any atom is 0.329 e. The average molecular weight is 282 g/mol. The van der Waals surface area contributed by atoms with E-state index in [4.69, 9.17) is 0 Å². The van der Waals surface area contributed by atoms with Crippen molar-refractivity contribution >= 4 is 11.9 Å². The molecule has 0 saturated carbocycles. The molecule has 20 heavy (non-hydrogen) atoms. The fraction of sp³-hybridized carbons (Fsp3) is 0.867. The number of rotatable bonds is 4. The number of carboxylic acids is 1. The number of carbonyl (C=O) groups excluding carboxylic acids is 1. The molecule has 2 saturated heterocycles. The first-order chi connectivity index (χ1) is 9.46. The summed E-state index contributed by atoms with van der Waals surface area (Å²) < 4.78 is 0. The highest BCUT2D eigenvalue weighted by Gasteiger charge is 2.51. The Morgan fingerprint density at radius 3 is 2.60 bits per heavy atom. The van der Waals surface area contributed by atoms with E-state index in [0.717, 1.165) is 38.6 Å². The standard InChI is InChI=1S/C15H26N2O3/c1-3-6-15(8-4-9-16-11-15)12(18)17-10-5-7-14(17,2)13(19)20/h16H,3-11H2,1-2H3,(H,19,20). The van der Waals surface area contributed by atoms with Gasteiger partial charge in [0.15, 0.2) is 0 Å². The number of likely N-dealkylation sites (tertiary alicyclic amines) is 1. The van der Waals surface area contributed by atoms with Gasteiger partial charge in [-0.05, 0) is 45.6 Å². The van der Waals surface area contributed by atoms with Crippen LogP contribution in [0.25, 0.3) is 0 Å². The molecule has 2 rings (SSSR count). The zero-order valence-electron chi connectivity index (χ0n) is 12.6. The fourth-order valence-corrected chi connectivity index (χ4v) is 3.75. The summed E-state index contributed by atoms with van der Waals surface area (Å²) in [5.74, 6) is -0.826. The summed E-state index contributed by atoms with van der Waals surface area (Å²) in [5.41, 5.74) is -1.41. The van der Waals surface area contributed by atoms with E-state index >= 15 is 0 Å². The van der Waals surface area contributed by atoms with E-state index in [9.17, 15) is 14.7 Å². The van der Waals surface area contributed by atoms with Gasteiger partial charge >= 0.3 is 5.97 Å². The summed E-state index contributed by atoms with van der Waals surface area (Å²) in [4.78, 5) is 26.3. The van der Waals surface area contributed by atoms with Crippen molar-refractivity contribution in [3.05, 3.63) is 0 Å². The number of aliphatic carboxylic acids is 1. The van der Waals surface area contributed by atoms with Gasteiger partial charge in [-0.25, -0.2) is 4.79 Å². The molecule has 5 heteroatoms. The normalized spacial score (nSPS) is 34.2. The van der Waals surface area contributed by atoms with Gasteiger partial charge in [0.25, 0.3) is 0 Å². The van der Waals surface area contributed by atoms with Gasteiger partial charge in [0, 0.05) is 13.1 Å². The maximum atomic E-state index is 13.1. The Hall–Kier alpha value is -1.10. The molecule has 2 heterocycles. The summed E-state index contributed by atoms with van der Waals surface area (Å²) in [6, 6.07) is 0. The van der Waals surface area contributed by atoms with Gasteiger partial charge in [-0.3, -0.25) is 4.79 Å². The van der Waals surface area contributed by atoms with Gasteiger partial charge in [0.05, 0.1) is 5.41 Å². The predicted octanol–water partition coefficient (Wildman–Crippen LogP) is 1.62. The monoisotopic (exact) mass is 282 g/mol. The average Bonchev–Trinajstić information content (AvgIpc) is 2.83. The van der Waals surface area contributed by atoms with Crippen LogP contribution in [0.4, 0.5) is 0 Å². The summed E-state index contributed by atoms with van der Waals surface area (Å²) in [5, 5.41) is 12.8. The lowest BCUT2D eigenvalue weighted by Gasteiger charge is -2.42. The molecule has 2 unspecified atom stereocenters. The fourth-order valence-electron chi connectivity index (χ4n) is 3.75. The van der Waals surface area contributed by atoms with Crippen LogP contribution < -0.4 is 5.32 Å². The van der Waals surface area contributed by atoms with Crippen LogP contribution in [0.5, 0.6) is 0 Å². The Morgan fingerprint density at radius 2 is 2.05 bits per heavy atom. The van der Waals surface area contributed by atoms with Gasteiger partial charge in [-0.15, -0.1) is 0 Å². The van der Waals surface area contributed by atoms with E-state index in [0.29, 0.717) is 19.5 Å². The molecule has 0 bridgehead atoms. The zero-order chi connectivity index (χ0) is 14.8. The Morgan fingerprint density at radius 1 is 1.30 bits per heavy atom. The van der Waals surface area contributed by atoms with Crippen molar-refractivity contribution in [3.63, 3.8) is 0 Å². The third kappa shape index (κ3) is 2.43. The van der Waals surface area contributed by atoms with Crippen molar-refractivity contribution in [2.24, 2.45) is 5.41 Å². The minimum absolute atomic E-state index is 0.0500. The molecule has 2 aliphatic heterocycles. The molecule has 2 aliphatic rings. The summed E-state index contributed by atoms with van der Waals surface area (Å²) in [7, 11) is 0. The lowest BCUT2D eigenvalue weighted by molar-refractivity contribution is -0.161. The maximum absolute atomic E-state index is 13.1. The van der Waals surface area contributed by atoms with Crippen LogP contribution in [0.2, 0.25) is 0 Å². The van der Waals surface area contributed by atoms with Gasteiger partial charge in [0.1, 0.15) is 5.54 Å². The first-order valence-corrected chi connectivity index (χ1v) is 7.72. The van der Waals surface area contributed by atoms with Crippen molar-refractivity contribution < 1.29 is 14.7 Å². The Kier molecular flexibility index (Phi) is 4.37. The van der Waals surface area contributed by atoms with Crippen LogP contribution in [0.3, 0.4) is 0 Å². The molecule has 0 radical (unpaired) electrons. The van der Waals surface area contributed by atoms with Crippen molar-refractivity contribution in [1.29, 1.82) is 0 Å². The molecule has 2 atom stereocenters. The molecular formula is C15H26N2O3. The molecule has 0 aromatic rings. The molecule has 0 spiro atoms.